The number of rotatable bonds is 4. The molecule has 5 heteroatoms. The van der Waals surface area contributed by atoms with E-state index in [0.717, 1.165) is 4.90 Å². The third-order valence-corrected chi connectivity index (χ3v) is 2.66. The van der Waals surface area contributed by atoms with Crippen molar-refractivity contribution in [3.05, 3.63) is 36.2 Å². The van der Waals surface area contributed by atoms with Gasteiger partial charge >= 0.3 is 6.03 Å². The standard InChI is InChI=1S/C14H17FN2O2/c1-5-11-6-7-13(12(15)8-11)17(10(2)9-18)14(19)16(3)4/h5-10H,1H2,2-4H3. The second-order valence-electron chi connectivity index (χ2n) is 4.34. The highest BCUT2D eigenvalue weighted by atomic mass is 19.1. The second-order valence-corrected chi connectivity index (χ2v) is 4.34. The van der Waals surface area contributed by atoms with Gasteiger partial charge in [0.05, 0.1) is 11.7 Å². The van der Waals surface area contributed by atoms with Gasteiger partial charge in [0.15, 0.2) is 0 Å². The summed E-state index contributed by atoms with van der Waals surface area (Å²) in [6, 6.07) is 3.17. The van der Waals surface area contributed by atoms with Gasteiger partial charge in [-0.1, -0.05) is 18.7 Å². The molecule has 0 saturated heterocycles. The minimum absolute atomic E-state index is 0.0731. The molecule has 1 aromatic carbocycles. The molecule has 0 saturated carbocycles. The molecule has 1 atom stereocenters. The molecule has 0 aliphatic heterocycles. The van der Waals surface area contributed by atoms with Gasteiger partial charge in [-0.2, -0.15) is 0 Å². The minimum atomic E-state index is -0.751. The summed E-state index contributed by atoms with van der Waals surface area (Å²) in [7, 11) is 3.09. The van der Waals surface area contributed by atoms with Crippen LogP contribution in [0.4, 0.5) is 14.9 Å². The maximum atomic E-state index is 14.0. The lowest BCUT2D eigenvalue weighted by Crippen LogP contribution is -2.45. The Balaban J connectivity index is 3.28. The molecule has 1 unspecified atom stereocenters. The van der Waals surface area contributed by atoms with Gasteiger partial charge in [-0.25, -0.2) is 9.18 Å². The number of amides is 2. The molecule has 0 heterocycles. The summed E-state index contributed by atoms with van der Waals surface area (Å²) in [6.45, 7) is 5.09. The van der Waals surface area contributed by atoms with Crippen LogP contribution < -0.4 is 4.90 Å². The maximum Gasteiger partial charge on any atom is 0.324 e. The van der Waals surface area contributed by atoms with Gasteiger partial charge in [-0.05, 0) is 24.6 Å². The topological polar surface area (TPSA) is 40.6 Å². The van der Waals surface area contributed by atoms with Crippen LogP contribution in [0.15, 0.2) is 24.8 Å². The number of hydrogen-bond acceptors (Lipinski definition) is 2. The van der Waals surface area contributed by atoms with Crippen LogP contribution in [0.1, 0.15) is 12.5 Å². The van der Waals surface area contributed by atoms with Gasteiger partial charge in [0.1, 0.15) is 12.1 Å². The van der Waals surface area contributed by atoms with Crippen molar-refractivity contribution in [2.24, 2.45) is 0 Å². The van der Waals surface area contributed by atoms with E-state index < -0.39 is 17.9 Å². The van der Waals surface area contributed by atoms with Crippen LogP contribution in [0.3, 0.4) is 0 Å². The van der Waals surface area contributed by atoms with E-state index in [2.05, 4.69) is 6.58 Å². The first-order valence-corrected chi connectivity index (χ1v) is 5.80. The molecule has 0 aliphatic rings. The fraction of sp³-hybridized carbons (Fsp3) is 0.286. The summed E-state index contributed by atoms with van der Waals surface area (Å²) in [4.78, 5) is 25.4. The zero-order valence-electron chi connectivity index (χ0n) is 11.3. The van der Waals surface area contributed by atoms with Crippen LogP contribution in [0.5, 0.6) is 0 Å². The van der Waals surface area contributed by atoms with E-state index in [1.807, 2.05) is 0 Å². The highest BCUT2D eigenvalue weighted by molar-refractivity contribution is 5.95. The van der Waals surface area contributed by atoms with E-state index in [1.165, 1.54) is 30.0 Å². The fourth-order valence-electron chi connectivity index (χ4n) is 1.62. The van der Waals surface area contributed by atoms with Gasteiger partial charge in [0.2, 0.25) is 0 Å². The number of benzene rings is 1. The number of hydrogen-bond donors (Lipinski definition) is 0. The molecule has 0 radical (unpaired) electrons. The van der Waals surface area contributed by atoms with E-state index in [1.54, 1.807) is 20.2 Å². The quantitative estimate of drug-likeness (QED) is 0.784. The molecule has 0 fully saturated rings. The Morgan fingerprint density at radius 3 is 2.47 bits per heavy atom. The third-order valence-electron chi connectivity index (χ3n) is 2.66. The summed E-state index contributed by atoms with van der Waals surface area (Å²) in [5, 5.41) is 0. The maximum absolute atomic E-state index is 14.0. The highest BCUT2D eigenvalue weighted by Crippen LogP contribution is 2.23. The molecule has 0 aliphatic carbocycles. The molecule has 1 rings (SSSR count). The zero-order valence-corrected chi connectivity index (χ0v) is 11.3. The van der Waals surface area contributed by atoms with E-state index >= 15 is 0 Å². The largest absolute Gasteiger partial charge is 0.330 e. The molecule has 2 amide bonds. The van der Waals surface area contributed by atoms with Crippen molar-refractivity contribution in [1.29, 1.82) is 0 Å². The molecule has 0 spiro atoms. The van der Waals surface area contributed by atoms with Crippen LogP contribution >= 0.6 is 0 Å². The predicted molar refractivity (Wildman–Crippen MR) is 73.6 cm³/mol. The Labute approximate surface area is 112 Å². The van der Waals surface area contributed by atoms with Crippen LogP contribution in [0, 0.1) is 5.82 Å². The number of urea groups is 1. The molecule has 1 aromatic rings. The molecule has 4 nitrogen and oxygen atoms in total. The van der Waals surface area contributed by atoms with E-state index in [4.69, 9.17) is 0 Å². The van der Waals surface area contributed by atoms with Gasteiger partial charge in [-0.15, -0.1) is 0 Å². The number of nitrogens with zero attached hydrogens (tertiary/aromatic N) is 2. The fourth-order valence-corrected chi connectivity index (χ4v) is 1.62. The SMILES string of the molecule is C=Cc1ccc(N(C(=O)N(C)C)C(C)C=O)c(F)c1. The van der Waals surface area contributed by atoms with Gasteiger partial charge in [-0.3, -0.25) is 4.90 Å². The van der Waals surface area contributed by atoms with Crippen molar-refractivity contribution >= 4 is 24.1 Å². The smallest absolute Gasteiger partial charge is 0.324 e. The molecular weight excluding hydrogens is 247 g/mol. The Morgan fingerprint density at radius 1 is 1.42 bits per heavy atom. The van der Waals surface area contributed by atoms with E-state index in [-0.39, 0.29) is 5.69 Å². The lowest BCUT2D eigenvalue weighted by Gasteiger charge is -2.29. The van der Waals surface area contributed by atoms with Gasteiger partial charge < -0.3 is 9.69 Å². The Kier molecular flexibility index (Phi) is 4.80. The number of carbonyl (C=O) groups excluding carboxylic acids is 2. The molecule has 0 aromatic heterocycles. The van der Waals surface area contributed by atoms with E-state index in [9.17, 15) is 14.0 Å². The average molecular weight is 264 g/mol. The third kappa shape index (κ3) is 3.19. The Bertz CT molecular complexity index is 500. The summed E-state index contributed by atoms with van der Waals surface area (Å²) in [6.07, 6.45) is 2.11. The number of aldehydes is 1. The molecule has 0 bridgehead atoms. The van der Waals surface area contributed by atoms with Crippen molar-refractivity contribution in [3.63, 3.8) is 0 Å². The number of anilines is 1. The first-order chi connectivity index (χ1) is 8.92. The first-order valence-electron chi connectivity index (χ1n) is 5.80. The highest BCUT2D eigenvalue weighted by Gasteiger charge is 2.25. The Morgan fingerprint density at radius 2 is 2.05 bits per heavy atom. The molecule has 19 heavy (non-hydrogen) atoms. The lowest BCUT2D eigenvalue weighted by molar-refractivity contribution is -0.108. The molecule has 0 N–H and O–H groups in total. The van der Waals surface area contributed by atoms with Crippen LogP contribution in [0.2, 0.25) is 0 Å². The molecular formula is C14H17FN2O2. The molecule has 102 valence electrons. The van der Waals surface area contributed by atoms with Crippen LogP contribution in [0.25, 0.3) is 6.08 Å². The normalized spacial score (nSPS) is 11.6. The minimum Gasteiger partial charge on any atom is -0.330 e. The predicted octanol–water partition coefficient (Wildman–Crippen LogP) is 2.54. The second kappa shape index (κ2) is 6.13. The Hall–Kier alpha value is -2.17. The number of halogens is 1. The van der Waals surface area contributed by atoms with Crippen molar-refractivity contribution in [2.75, 3.05) is 19.0 Å². The van der Waals surface area contributed by atoms with E-state index in [0.29, 0.717) is 11.8 Å². The summed E-state index contributed by atoms with van der Waals surface area (Å²) in [5.41, 5.74) is 0.682. The average Bonchev–Trinajstić information content (AvgIpc) is 2.39. The van der Waals surface area contributed by atoms with Crippen LogP contribution in [-0.4, -0.2) is 37.4 Å². The summed E-state index contributed by atoms with van der Waals surface area (Å²) in [5.74, 6) is -0.568. The lowest BCUT2D eigenvalue weighted by atomic mass is 10.1. The monoisotopic (exact) mass is 264 g/mol. The van der Waals surface area contributed by atoms with Crippen molar-refractivity contribution in [1.82, 2.24) is 4.90 Å². The van der Waals surface area contributed by atoms with Gasteiger partial charge in [0, 0.05) is 14.1 Å². The van der Waals surface area contributed by atoms with Crippen molar-refractivity contribution < 1.29 is 14.0 Å². The van der Waals surface area contributed by atoms with Gasteiger partial charge in [0.25, 0.3) is 0 Å². The first kappa shape index (κ1) is 14.9. The summed E-state index contributed by atoms with van der Waals surface area (Å²) >= 11 is 0. The van der Waals surface area contributed by atoms with Crippen molar-refractivity contribution in [3.8, 4) is 0 Å². The van der Waals surface area contributed by atoms with Crippen molar-refractivity contribution in [2.45, 2.75) is 13.0 Å². The zero-order chi connectivity index (χ0) is 14.6. The number of carbonyl (C=O) groups is 2. The van der Waals surface area contributed by atoms with Crippen LogP contribution in [-0.2, 0) is 4.79 Å². The summed E-state index contributed by atoms with van der Waals surface area (Å²) < 4.78 is 14.0.